The SMILES string of the molecule is CC(O)c1ccc(OCc2ccccc2[N+](=O)[O-])c(Cl)c1. The van der Waals surface area contributed by atoms with E-state index in [4.69, 9.17) is 16.3 Å². The summed E-state index contributed by atoms with van der Waals surface area (Å²) < 4.78 is 5.53. The second-order valence-electron chi connectivity index (χ2n) is 4.54. The number of benzene rings is 2. The Morgan fingerprint density at radius 3 is 2.67 bits per heavy atom. The fourth-order valence-corrected chi connectivity index (χ4v) is 2.10. The van der Waals surface area contributed by atoms with E-state index in [0.29, 0.717) is 21.9 Å². The van der Waals surface area contributed by atoms with Crippen LogP contribution in [0.2, 0.25) is 5.02 Å². The Morgan fingerprint density at radius 2 is 2.05 bits per heavy atom. The minimum atomic E-state index is -0.619. The van der Waals surface area contributed by atoms with E-state index in [2.05, 4.69) is 0 Å². The van der Waals surface area contributed by atoms with Crippen LogP contribution in [-0.2, 0) is 6.61 Å². The third-order valence-electron chi connectivity index (χ3n) is 3.01. The van der Waals surface area contributed by atoms with E-state index in [9.17, 15) is 15.2 Å². The summed E-state index contributed by atoms with van der Waals surface area (Å²) in [6.45, 7) is 1.68. The minimum Gasteiger partial charge on any atom is -0.487 e. The van der Waals surface area contributed by atoms with Crippen molar-refractivity contribution < 1.29 is 14.8 Å². The zero-order valence-electron chi connectivity index (χ0n) is 11.3. The molecular weight excluding hydrogens is 294 g/mol. The molecule has 0 fully saturated rings. The third kappa shape index (κ3) is 3.71. The molecule has 0 bridgehead atoms. The largest absolute Gasteiger partial charge is 0.487 e. The second-order valence-corrected chi connectivity index (χ2v) is 4.95. The quantitative estimate of drug-likeness (QED) is 0.672. The molecule has 0 aromatic heterocycles. The molecular formula is C15H14ClNO4. The zero-order valence-corrected chi connectivity index (χ0v) is 12.1. The van der Waals surface area contributed by atoms with Crippen molar-refractivity contribution in [1.29, 1.82) is 0 Å². The predicted octanol–water partition coefficient (Wildman–Crippen LogP) is 3.88. The molecule has 0 spiro atoms. The van der Waals surface area contributed by atoms with Crippen LogP contribution in [0, 0.1) is 10.1 Å². The van der Waals surface area contributed by atoms with E-state index >= 15 is 0 Å². The van der Waals surface area contributed by atoms with Crippen LogP contribution in [0.3, 0.4) is 0 Å². The fraction of sp³-hybridized carbons (Fsp3) is 0.200. The zero-order chi connectivity index (χ0) is 15.4. The van der Waals surface area contributed by atoms with Crippen LogP contribution in [0.4, 0.5) is 5.69 Å². The number of nitro benzene ring substituents is 1. The van der Waals surface area contributed by atoms with Crippen LogP contribution in [0.15, 0.2) is 42.5 Å². The number of hydrogen-bond acceptors (Lipinski definition) is 4. The standard InChI is InChI=1S/C15H14ClNO4/c1-10(18)11-6-7-15(13(16)8-11)21-9-12-4-2-3-5-14(12)17(19)20/h2-8,10,18H,9H2,1H3. The number of para-hydroxylation sites is 1. The first-order valence-electron chi connectivity index (χ1n) is 6.31. The first kappa shape index (κ1) is 15.3. The molecule has 5 nitrogen and oxygen atoms in total. The molecule has 0 saturated heterocycles. The lowest BCUT2D eigenvalue weighted by Gasteiger charge is -2.11. The van der Waals surface area contributed by atoms with E-state index in [1.807, 2.05) is 0 Å². The molecule has 2 aromatic rings. The molecule has 0 aliphatic heterocycles. The van der Waals surface area contributed by atoms with E-state index in [0.717, 1.165) is 0 Å². The fourth-order valence-electron chi connectivity index (χ4n) is 1.86. The molecule has 0 amide bonds. The molecule has 0 aliphatic rings. The van der Waals surface area contributed by atoms with Gasteiger partial charge in [-0.15, -0.1) is 0 Å². The molecule has 0 aliphatic carbocycles. The summed E-state index contributed by atoms with van der Waals surface area (Å²) in [7, 11) is 0. The van der Waals surface area contributed by atoms with Gasteiger partial charge in [0.1, 0.15) is 12.4 Å². The average molecular weight is 308 g/mol. The molecule has 0 radical (unpaired) electrons. The average Bonchev–Trinajstić information content (AvgIpc) is 2.46. The summed E-state index contributed by atoms with van der Waals surface area (Å²) in [5.41, 5.74) is 1.16. The Morgan fingerprint density at radius 1 is 1.33 bits per heavy atom. The highest BCUT2D eigenvalue weighted by molar-refractivity contribution is 6.32. The number of rotatable bonds is 5. The van der Waals surface area contributed by atoms with Gasteiger partial charge in [0.2, 0.25) is 0 Å². The summed E-state index contributed by atoms with van der Waals surface area (Å²) in [4.78, 5) is 10.5. The van der Waals surface area contributed by atoms with Gasteiger partial charge in [-0.25, -0.2) is 0 Å². The van der Waals surface area contributed by atoms with Gasteiger partial charge in [0.15, 0.2) is 0 Å². The van der Waals surface area contributed by atoms with Crippen molar-refractivity contribution in [3.8, 4) is 5.75 Å². The molecule has 21 heavy (non-hydrogen) atoms. The molecule has 0 heterocycles. The number of ether oxygens (including phenoxy) is 1. The Bertz CT molecular complexity index is 658. The summed E-state index contributed by atoms with van der Waals surface area (Å²) in [6.07, 6.45) is -0.619. The van der Waals surface area contributed by atoms with Crippen LogP contribution in [0.5, 0.6) is 5.75 Å². The van der Waals surface area contributed by atoms with Crippen molar-refractivity contribution in [1.82, 2.24) is 0 Å². The Balaban J connectivity index is 2.15. The summed E-state index contributed by atoms with van der Waals surface area (Å²) in [6, 6.07) is 11.3. The van der Waals surface area contributed by atoms with Gasteiger partial charge < -0.3 is 9.84 Å². The van der Waals surface area contributed by atoms with Gasteiger partial charge in [0, 0.05) is 6.07 Å². The van der Waals surface area contributed by atoms with E-state index < -0.39 is 11.0 Å². The van der Waals surface area contributed by atoms with Crippen molar-refractivity contribution in [2.45, 2.75) is 19.6 Å². The number of aliphatic hydroxyl groups excluding tert-OH is 1. The van der Waals surface area contributed by atoms with Crippen LogP contribution in [-0.4, -0.2) is 10.0 Å². The number of aliphatic hydroxyl groups is 1. The number of hydrogen-bond donors (Lipinski definition) is 1. The van der Waals surface area contributed by atoms with Gasteiger partial charge in [-0.2, -0.15) is 0 Å². The normalized spacial score (nSPS) is 12.0. The molecule has 1 unspecified atom stereocenters. The van der Waals surface area contributed by atoms with Gasteiger partial charge in [-0.05, 0) is 30.7 Å². The van der Waals surface area contributed by atoms with Gasteiger partial charge in [-0.3, -0.25) is 10.1 Å². The Kier molecular flexibility index (Phi) is 4.77. The van der Waals surface area contributed by atoms with Crippen molar-refractivity contribution >= 4 is 17.3 Å². The van der Waals surface area contributed by atoms with Crippen LogP contribution < -0.4 is 4.74 Å². The van der Waals surface area contributed by atoms with Crippen molar-refractivity contribution in [3.63, 3.8) is 0 Å². The molecule has 1 atom stereocenters. The maximum absolute atomic E-state index is 10.9. The van der Waals surface area contributed by atoms with Crippen molar-refractivity contribution in [2.24, 2.45) is 0 Å². The first-order chi connectivity index (χ1) is 9.99. The molecule has 0 saturated carbocycles. The molecule has 6 heteroatoms. The second kappa shape index (κ2) is 6.56. The van der Waals surface area contributed by atoms with Crippen LogP contribution in [0.1, 0.15) is 24.2 Å². The van der Waals surface area contributed by atoms with E-state index in [1.54, 1.807) is 43.3 Å². The summed E-state index contributed by atoms with van der Waals surface area (Å²) in [5, 5.41) is 20.7. The number of nitrogens with zero attached hydrogens (tertiary/aromatic N) is 1. The monoisotopic (exact) mass is 307 g/mol. The lowest BCUT2D eigenvalue weighted by Crippen LogP contribution is -2.01. The van der Waals surface area contributed by atoms with Crippen LogP contribution >= 0.6 is 11.6 Å². The lowest BCUT2D eigenvalue weighted by molar-refractivity contribution is -0.385. The summed E-state index contributed by atoms with van der Waals surface area (Å²) >= 11 is 6.07. The topological polar surface area (TPSA) is 72.6 Å². The maximum atomic E-state index is 10.9. The van der Waals surface area contributed by atoms with Gasteiger partial charge in [-0.1, -0.05) is 29.8 Å². The first-order valence-corrected chi connectivity index (χ1v) is 6.69. The maximum Gasteiger partial charge on any atom is 0.276 e. The summed E-state index contributed by atoms with van der Waals surface area (Å²) in [5.74, 6) is 0.416. The number of halogens is 1. The molecule has 110 valence electrons. The van der Waals surface area contributed by atoms with Crippen molar-refractivity contribution in [3.05, 3.63) is 68.7 Å². The Hall–Kier alpha value is -2.11. The highest BCUT2D eigenvalue weighted by Gasteiger charge is 2.13. The van der Waals surface area contributed by atoms with Crippen LogP contribution in [0.25, 0.3) is 0 Å². The van der Waals surface area contributed by atoms with Gasteiger partial charge in [0.05, 0.1) is 21.6 Å². The van der Waals surface area contributed by atoms with Crippen molar-refractivity contribution in [2.75, 3.05) is 0 Å². The van der Waals surface area contributed by atoms with E-state index in [1.165, 1.54) is 6.07 Å². The third-order valence-corrected chi connectivity index (χ3v) is 3.31. The lowest BCUT2D eigenvalue weighted by atomic mass is 10.1. The highest BCUT2D eigenvalue weighted by atomic mass is 35.5. The highest BCUT2D eigenvalue weighted by Crippen LogP contribution is 2.29. The number of nitro groups is 1. The Labute approximate surface area is 126 Å². The van der Waals surface area contributed by atoms with Gasteiger partial charge >= 0.3 is 0 Å². The van der Waals surface area contributed by atoms with E-state index in [-0.39, 0.29) is 12.3 Å². The minimum absolute atomic E-state index is 0.00854. The predicted molar refractivity (Wildman–Crippen MR) is 79.5 cm³/mol. The molecule has 1 N–H and O–H groups in total. The van der Waals surface area contributed by atoms with Gasteiger partial charge in [0.25, 0.3) is 5.69 Å². The molecule has 2 rings (SSSR count). The smallest absolute Gasteiger partial charge is 0.276 e. The molecule has 2 aromatic carbocycles.